The summed E-state index contributed by atoms with van der Waals surface area (Å²) in [6.07, 6.45) is 3.18. The molecule has 0 fully saturated rings. The van der Waals surface area contributed by atoms with Crippen LogP contribution in [0.1, 0.15) is 11.1 Å². The zero-order valence-electron chi connectivity index (χ0n) is 24.0. The fraction of sp³-hybridized carbons (Fsp3) is 0.167. The summed E-state index contributed by atoms with van der Waals surface area (Å²) in [7, 11) is -3.11. The van der Waals surface area contributed by atoms with Crippen LogP contribution in [0.2, 0.25) is 39.3 Å². The summed E-state index contributed by atoms with van der Waals surface area (Å²) in [6.45, 7) is 13.6. The maximum absolute atomic E-state index is 3.71. The van der Waals surface area contributed by atoms with Crippen LogP contribution in [-0.2, 0) is 26.2 Å². The van der Waals surface area contributed by atoms with E-state index in [1.807, 2.05) is 109 Å². The molecule has 39 heavy (non-hydrogen) atoms. The fourth-order valence-corrected chi connectivity index (χ4v) is 4.43. The summed E-state index contributed by atoms with van der Waals surface area (Å²) in [4.78, 5) is 0. The van der Waals surface area contributed by atoms with Crippen LogP contribution in [0.15, 0.2) is 138 Å². The van der Waals surface area contributed by atoms with E-state index in [1.54, 1.807) is 0 Å². The number of benzene rings is 2. The Hall–Kier alpha value is -2.94. The third-order valence-corrected chi connectivity index (χ3v) is 6.53. The van der Waals surface area contributed by atoms with Gasteiger partial charge in [0.2, 0.25) is 0 Å². The van der Waals surface area contributed by atoms with Crippen LogP contribution in [0.4, 0.5) is 0 Å². The standard InChI is InChI=1S/C26H28Si2.2C5H5.Zr/c1-27(2,3)21-20-25(22-28(4,5)6)26(24-17-11-8-12-18-24)19-13-16-23-14-9-7-10-15-23;2*1-2-4-5-3-1;/h7-12,14-15,17-18H,1-6H3;2*1-5H;/q-2;2*-1;+4. The second kappa shape index (κ2) is 18.4. The first-order valence-electron chi connectivity index (χ1n) is 12.9. The van der Waals surface area contributed by atoms with Crippen molar-refractivity contribution >= 4 is 21.7 Å². The van der Waals surface area contributed by atoms with Crippen molar-refractivity contribution in [2.24, 2.45) is 0 Å². The molecule has 0 aliphatic rings. The maximum Gasteiger partial charge on any atom is 4.00 e. The van der Waals surface area contributed by atoms with Gasteiger partial charge in [0.25, 0.3) is 0 Å². The van der Waals surface area contributed by atoms with Crippen molar-refractivity contribution in [1.82, 2.24) is 0 Å². The molecule has 0 atom stereocenters. The van der Waals surface area contributed by atoms with Crippen molar-refractivity contribution in [3.05, 3.63) is 161 Å². The Morgan fingerprint density at radius 2 is 1.15 bits per heavy atom. The smallest absolute Gasteiger partial charge is 0.244 e. The van der Waals surface area contributed by atoms with Crippen LogP contribution >= 0.6 is 0 Å². The minimum atomic E-state index is -1.60. The third-order valence-electron chi connectivity index (χ3n) is 4.65. The average molecular weight is 618 g/mol. The van der Waals surface area contributed by atoms with Crippen molar-refractivity contribution in [1.29, 1.82) is 0 Å². The van der Waals surface area contributed by atoms with E-state index in [9.17, 15) is 0 Å². The van der Waals surface area contributed by atoms with Crippen LogP contribution in [0.5, 0.6) is 0 Å². The van der Waals surface area contributed by atoms with E-state index in [-0.39, 0.29) is 26.2 Å². The van der Waals surface area contributed by atoms with Crippen LogP contribution < -0.4 is 0 Å². The molecule has 0 bridgehead atoms. The van der Waals surface area contributed by atoms with Gasteiger partial charge in [-0.25, -0.2) is 41.5 Å². The second-order valence-electron chi connectivity index (χ2n) is 10.7. The second-order valence-corrected chi connectivity index (χ2v) is 20.2. The van der Waals surface area contributed by atoms with E-state index in [0.717, 1.165) is 22.3 Å². The molecule has 0 heterocycles. The minimum Gasteiger partial charge on any atom is -0.244 e. The number of allylic oxidation sites excluding steroid dienone is 2. The Morgan fingerprint density at radius 1 is 0.667 bits per heavy atom. The Labute approximate surface area is 258 Å². The fourth-order valence-electron chi connectivity index (χ4n) is 2.99. The Morgan fingerprint density at radius 3 is 1.56 bits per heavy atom. The molecule has 194 valence electrons. The molecule has 0 saturated heterocycles. The van der Waals surface area contributed by atoms with E-state index in [1.165, 1.54) is 0 Å². The van der Waals surface area contributed by atoms with Gasteiger partial charge in [-0.05, 0) is 0 Å². The monoisotopic (exact) mass is 616 g/mol. The van der Waals surface area contributed by atoms with Crippen LogP contribution in [0, 0.1) is 23.2 Å². The number of hydrogen-bond acceptors (Lipinski definition) is 0. The van der Waals surface area contributed by atoms with Crippen molar-refractivity contribution in [2.75, 3.05) is 0 Å². The molecule has 0 saturated carbocycles. The Kier molecular flexibility index (Phi) is 16.0. The summed E-state index contributed by atoms with van der Waals surface area (Å²) in [5.74, 6) is 3.45. The van der Waals surface area contributed by atoms with Gasteiger partial charge in [-0.1, -0.05) is 87.3 Å². The Bertz CT molecular complexity index is 1300. The summed E-state index contributed by atoms with van der Waals surface area (Å²) >= 11 is 0. The van der Waals surface area contributed by atoms with Gasteiger partial charge in [-0.2, -0.15) is 53.4 Å². The molecule has 0 radical (unpaired) electrons. The molecule has 4 rings (SSSR count). The largest absolute Gasteiger partial charge is 4.00 e. The molecule has 0 aromatic heterocycles. The van der Waals surface area contributed by atoms with Crippen molar-refractivity contribution in [3.63, 3.8) is 0 Å². The molecule has 0 spiro atoms. The topological polar surface area (TPSA) is 0 Å². The SMILES string of the molecule is C[Si](C)(C)C#CC(=[C-][Si](C)(C)C)C(=C=C=[C-]c1ccccc1)c1ccccc1.[Zr+4].c1cc[cH-]c1.c1cc[cH-]c1. The first kappa shape index (κ1) is 34.1. The molecular weight excluding hydrogens is 580 g/mol. The van der Waals surface area contributed by atoms with E-state index in [4.69, 9.17) is 0 Å². The molecule has 4 aromatic carbocycles. The predicted octanol–water partition coefficient (Wildman–Crippen LogP) is 9.53. The van der Waals surface area contributed by atoms with Gasteiger partial charge in [0.1, 0.15) is 8.07 Å². The Balaban J connectivity index is 0.000000571. The normalized spacial score (nSPS) is 10.4. The van der Waals surface area contributed by atoms with E-state index < -0.39 is 16.1 Å². The molecule has 0 N–H and O–H groups in total. The van der Waals surface area contributed by atoms with Crippen LogP contribution in [-0.4, -0.2) is 16.1 Å². The summed E-state index contributed by atoms with van der Waals surface area (Å²) in [6, 6.07) is 40.3. The average Bonchev–Trinajstić information content (AvgIpc) is 3.64. The van der Waals surface area contributed by atoms with Crippen molar-refractivity contribution in [3.8, 4) is 11.5 Å². The number of rotatable bonds is 4. The third kappa shape index (κ3) is 16.6. The minimum absolute atomic E-state index is 0. The van der Waals surface area contributed by atoms with Crippen LogP contribution in [0.25, 0.3) is 5.57 Å². The zero-order valence-corrected chi connectivity index (χ0v) is 28.5. The van der Waals surface area contributed by atoms with E-state index >= 15 is 0 Å². The summed E-state index contributed by atoms with van der Waals surface area (Å²) < 4.78 is 0. The summed E-state index contributed by atoms with van der Waals surface area (Å²) in [5, 5.41) is 0. The molecule has 0 nitrogen and oxygen atoms in total. The first-order chi connectivity index (χ1) is 18.1. The molecule has 0 aliphatic carbocycles. The van der Waals surface area contributed by atoms with Gasteiger partial charge in [0, 0.05) is 8.07 Å². The van der Waals surface area contributed by atoms with Gasteiger partial charge < -0.3 is 0 Å². The van der Waals surface area contributed by atoms with Gasteiger partial charge in [0.05, 0.1) is 0 Å². The van der Waals surface area contributed by atoms with Crippen LogP contribution in [0.3, 0.4) is 0 Å². The summed E-state index contributed by atoms with van der Waals surface area (Å²) in [5.41, 5.74) is 17.6. The van der Waals surface area contributed by atoms with Crippen molar-refractivity contribution in [2.45, 2.75) is 39.3 Å². The van der Waals surface area contributed by atoms with Gasteiger partial charge in [-0.3, -0.25) is 0 Å². The molecule has 4 aromatic rings. The van der Waals surface area contributed by atoms with E-state index in [0.29, 0.717) is 0 Å². The zero-order chi connectivity index (χ0) is 27.7. The van der Waals surface area contributed by atoms with Gasteiger partial charge >= 0.3 is 26.2 Å². The van der Waals surface area contributed by atoms with E-state index in [2.05, 4.69) is 86.1 Å². The molecule has 3 heteroatoms. The van der Waals surface area contributed by atoms with Crippen molar-refractivity contribution < 1.29 is 26.2 Å². The maximum atomic E-state index is 3.71. The molecular formula is C36H38Si2Zr. The molecule has 0 aliphatic heterocycles. The van der Waals surface area contributed by atoms with Gasteiger partial charge in [-0.15, -0.1) is 35.4 Å². The molecule has 0 unspecified atom stereocenters. The number of hydrogen-bond donors (Lipinski definition) is 0. The van der Waals surface area contributed by atoms with Gasteiger partial charge in [0.15, 0.2) is 0 Å². The first-order valence-corrected chi connectivity index (χ1v) is 19.9. The molecule has 0 amide bonds. The predicted molar refractivity (Wildman–Crippen MR) is 171 cm³/mol. The quantitative estimate of drug-likeness (QED) is 0.0703.